The van der Waals surface area contributed by atoms with E-state index in [2.05, 4.69) is 11.5 Å². The van der Waals surface area contributed by atoms with Gasteiger partial charge in [0.15, 0.2) is 0 Å². The van der Waals surface area contributed by atoms with Gasteiger partial charge in [-0.25, -0.2) is 4.58 Å². The van der Waals surface area contributed by atoms with Crippen molar-refractivity contribution in [3.63, 3.8) is 0 Å². The Balaban J connectivity index is 0.000000640. The summed E-state index contributed by atoms with van der Waals surface area (Å²) < 4.78 is 2.21. The summed E-state index contributed by atoms with van der Waals surface area (Å²) in [4.78, 5) is 0. The molecule has 0 aromatic carbocycles. The van der Waals surface area contributed by atoms with Crippen LogP contribution in [0.2, 0.25) is 0 Å². The van der Waals surface area contributed by atoms with Gasteiger partial charge in [-0.3, -0.25) is 0 Å². The fourth-order valence-electron chi connectivity index (χ4n) is 1.02. The van der Waals surface area contributed by atoms with Gasteiger partial charge in [0.25, 0.3) is 0 Å². The van der Waals surface area contributed by atoms with Gasteiger partial charge < -0.3 is 12.4 Å². The average molecular weight is 168 g/mol. The first-order valence-electron chi connectivity index (χ1n) is 3.11. The minimum Gasteiger partial charge on any atom is -1.00 e. The minimum absolute atomic E-state index is 0. The maximum Gasteiger partial charge on any atom is 0.245 e. The molecule has 0 unspecified atom stereocenters. The summed E-state index contributed by atoms with van der Waals surface area (Å²) in [5.41, 5.74) is 0. The molecule has 0 atom stereocenters. The third-order valence-electron chi connectivity index (χ3n) is 1.54. The molecule has 0 fully saturated rings. The fourth-order valence-corrected chi connectivity index (χ4v) is 1.36. The predicted molar refractivity (Wildman–Crippen MR) is 35.8 cm³/mol. The minimum atomic E-state index is 0. The molecule has 0 radical (unpaired) electrons. The third-order valence-corrected chi connectivity index (χ3v) is 1.96. The monoisotopic (exact) mass is 167 g/mol. The Hall–Kier alpha value is 0.250. The summed E-state index contributed by atoms with van der Waals surface area (Å²) in [6.07, 6.45) is 2.34. The van der Waals surface area contributed by atoms with Crippen molar-refractivity contribution in [1.82, 2.24) is 0 Å². The molecule has 0 saturated heterocycles. The van der Waals surface area contributed by atoms with E-state index in [9.17, 15) is 0 Å². The average Bonchev–Trinajstić information content (AvgIpc) is 2.14. The normalized spacial score (nSPS) is 18.0. The highest BCUT2D eigenvalue weighted by Crippen LogP contribution is 2.06. The SMILES string of the molecule is CC[N+]1=C(Cl)CCC1.[Cl-]. The molecule has 0 aliphatic carbocycles. The Kier molecular flexibility index (Phi) is 4.24. The van der Waals surface area contributed by atoms with Crippen LogP contribution in [0.1, 0.15) is 19.8 Å². The quantitative estimate of drug-likeness (QED) is 0.417. The zero-order chi connectivity index (χ0) is 5.98. The lowest BCUT2D eigenvalue weighted by Crippen LogP contribution is -3.00. The van der Waals surface area contributed by atoms with Crippen molar-refractivity contribution >= 4 is 16.8 Å². The molecule has 0 amide bonds. The molecule has 0 spiro atoms. The lowest BCUT2D eigenvalue weighted by atomic mass is 10.4. The highest BCUT2D eigenvalue weighted by Gasteiger charge is 2.17. The second kappa shape index (κ2) is 4.13. The molecule has 1 aliphatic heterocycles. The summed E-state index contributed by atoms with van der Waals surface area (Å²) in [5, 5.41) is 1.05. The molecule has 54 valence electrons. The van der Waals surface area contributed by atoms with Gasteiger partial charge in [-0.05, 0) is 18.5 Å². The van der Waals surface area contributed by atoms with Gasteiger partial charge in [-0.2, -0.15) is 0 Å². The van der Waals surface area contributed by atoms with Crippen LogP contribution in [-0.2, 0) is 0 Å². The fraction of sp³-hybridized carbons (Fsp3) is 0.833. The van der Waals surface area contributed by atoms with Crippen molar-refractivity contribution in [2.24, 2.45) is 0 Å². The Labute approximate surface area is 67.1 Å². The van der Waals surface area contributed by atoms with E-state index >= 15 is 0 Å². The van der Waals surface area contributed by atoms with Crippen molar-refractivity contribution in [1.29, 1.82) is 0 Å². The number of halogens is 2. The zero-order valence-electron chi connectivity index (χ0n) is 5.53. The van der Waals surface area contributed by atoms with Crippen LogP contribution >= 0.6 is 11.6 Å². The van der Waals surface area contributed by atoms with Gasteiger partial charge in [-0.1, -0.05) is 0 Å². The Morgan fingerprint density at radius 1 is 1.67 bits per heavy atom. The molecule has 0 N–H and O–H groups in total. The predicted octanol–water partition coefficient (Wildman–Crippen LogP) is -1.55. The molecule has 1 nitrogen and oxygen atoms in total. The van der Waals surface area contributed by atoms with Crippen molar-refractivity contribution in [2.75, 3.05) is 13.1 Å². The van der Waals surface area contributed by atoms with E-state index in [-0.39, 0.29) is 12.4 Å². The first-order valence-corrected chi connectivity index (χ1v) is 3.48. The molecule has 3 heteroatoms. The Bertz CT molecular complexity index is 120. The largest absolute Gasteiger partial charge is 1.00 e. The zero-order valence-corrected chi connectivity index (χ0v) is 7.04. The van der Waals surface area contributed by atoms with Crippen LogP contribution in [-0.4, -0.2) is 22.8 Å². The lowest BCUT2D eigenvalue weighted by Gasteiger charge is -1.88. The summed E-state index contributed by atoms with van der Waals surface area (Å²) in [6, 6.07) is 0. The first kappa shape index (κ1) is 9.25. The maximum absolute atomic E-state index is 5.82. The molecule has 9 heavy (non-hydrogen) atoms. The highest BCUT2D eigenvalue weighted by molar-refractivity contribution is 6.64. The van der Waals surface area contributed by atoms with Crippen LogP contribution in [0.15, 0.2) is 0 Å². The molecule has 0 aromatic rings. The summed E-state index contributed by atoms with van der Waals surface area (Å²) >= 11 is 5.82. The second-order valence-electron chi connectivity index (χ2n) is 2.06. The van der Waals surface area contributed by atoms with Crippen LogP contribution in [0.25, 0.3) is 0 Å². The molecular weight excluding hydrogens is 157 g/mol. The van der Waals surface area contributed by atoms with Crippen molar-refractivity contribution < 1.29 is 17.0 Å². The molecular formula is C6H11Cl2N. The molecule has 1 aliphatic rings. The summed E-state index contributed by atoms with van der Waals surface area (Å²) in [7, 11) is 0. The van der Waals surface area contributed by atoms with Crippen molar-refractivity contribution in [3.05, 3.63) is 0 Å². The number of hydrogen-bond donors (Lipinski definition) is 0. The van der Waals surface area contributed by atoms with Crippen LogP contribution in [0.3, 0.4) is 0 Å². The molecule has 0 bridgehead atoms. The maximum atomic E-state index is 5.82. The smallest absolute Gasteiger partial charge is 0.245 e. The van der Waals surface area contributed by atoms with E-state index in [1.807, 2.05) is 0 Å². The molecule has 1 heterocycles. The van der Waals surface area contributed by atoms with Crippen LogP contribution < -0.4 is 12.4 Å². The number of rotatable bonds is 1. The van der Waals surface area contributed by atoms with Crippen molar-refractivity contribution in [3.8, 4) is 0 Å². The van der Waals surface area contributed by atoms with Crippen LogP contribution in [0.5, 0.6) is 0 Å². The number of nitrogens with zero attached hydrogens (tertiary/aromatic N) is 1. The van der Waals surface area contributed by atoms with Gasteiger partial charge in [0.05, 0.1) is 6.42 Å². The molecule has 0 aromatic heterocycles. The van der Waals surface area contributed by atoms with E-state index in [1.165, 1.54) is 6.42 Å². The Morgan fingerprint density at radius 3 is 2.56 bits per heavy atom. The Morgan fingerprint density at radius 2 is 2.33 bits per heavy atom. The van der Waals surface area contributed by atoms with Gasteiger partial charge >= 0.3 is 0 Å². The molecule has 0 saturated carbocycles. The second-order valence-corrected chi connectivity index (χ2v) is 2.50. The van der Waals surface area contributed by atoms with Crippen LogP contribution in [0.4, 0.5) is 0 Å². The van der Waals surface area contributed by atoms with Gasteiger partial charge in [0, 0.05) is 6.42 Å². The van der Waals surface area contributed by atoms with Gasteiger partial charge in [0.1, 0.15) is 13.1 Å². The summed E-state index contributed by atoms with van der Waals surface area (Å²) in [5.74, 6) is 0. The van der Waals surface area contributed by atoms with E-state index in [4.69, 9.17) is 11.6 Å². The van der Waals surface area contributed by atoms with Gasteiger partial charge in [-0.15, -0.1) is 0 Å². The van der Waals surface area contributed by atoms with E-state index in [0.29, 0.717) is 0 Å². The highest BCUT2D eigenvalue weighted by atomic mass is 35.5. The number of hydrogen-bond acceptors (Lipinski definition) is 0. The van der Waals surface area contributed by atoms with Crippen molar-refractivity contribution in [2.45, 2.75) is 19.8 Å². The summed E-state index contributed by atoms with van der Waals surface area (Å²) in [6.45, 7) is 4.36. The molecule has 1 rings (SSSR count). The van der Waals surface area contributed by atoms with E-state index in [0.717, 1.165) is 24.7 Å². The van der Waals surface area contributed by atoms with E-state index in [1.54, 1.807) is 0 Å². The van der Waals surface area contributed by atoms with E-state index < -0.39 is 0 Å². The lowest BCUT2D eigenvalue weighted by molar-refractivity contribution is -0.514. The first-order chi connectivity index (χ1) is 3.84. The van der Waals surface area contributed by atoms with Crippen LogP contribution in [0, 0.1) is 0 Å². The third kappa shape index (κ3) is 2.15. The topological polar surface area (TPSA) is 3.01 Å². The van der Waals surface area contributed by atoms with Gasteiger partial charge in [0.2, 0.25) is 5.17 Å². The standard InChI is InChI=1S/C6H11ClN.ClH/c1-2-8-5-3-4-6(8)7;/h2-5H2,1H3;1H/q+1;/p-1.